The van der Waals surface area contributed by atoms with Gasteiger partial charge in [-0.25, -0.2) is 13.6 Å². The molecule has 0 bridgehead atoms. The van der Waals surface area contributed by atoms with Crippen molar-refractivity contribution in [3.05, 3.63) is 80.3 Å². The molecule has 4 N–H and O–H groups in total. The van der Waals surface area contributed by atoms with E-state index >= 15 is 0 Å². The standard InChI is InChI=1S/C26H31F2N5O2S/c1-25(2,3)15-33-21(29)20(23(36)32(5)24(33)35)22(31-18-10-12-19(34)13-11-18)30-14-16-6-8-17(9-7-16)26(4,27)28/h6-13,34H,14-15,29H2,1-5H3,(H,30,31). The molecule has 0 aliphatic carbocycles. The molecule has 192 valence electrons. The van der Waals surface area contributed by atoms with E-state index in [0.717, 1.165) is 6.92 Å². The number of alkyl halides is 2. The molecule has 36 heavy (non-hydrogen) atoms. The van der Waals surface area contributed by atoms with Crippen LogP contribution in [0.3, 0.4) is 0 Å². The van der Waals surface area contributed by atoms with Crippen molar-refractivity contribution in [3.63, 3.8) is 0 Å². The molecule has 1 aromatic heterocycles. The molecule has 0 unspecified atom stereocenters. The molecular weight excluding hydrogens is 484 g/mol. The van der Waals surface area contributed by atoms with Crippen molar-refractivity contribution in [2.24, 2.45) is 17.5 Å². The number of aromatic hydroxyl groups is 1. The molecule has 0 saturated carbocycles. The molecule has 0 amide bonds. The average Bonchev–Trinajstić information content (AvgIpc) is 2.79. The Morgan fingerprint density at radius 2 is 1.67 bits per heavy atom. The van der Waals surface area contributed by atoms with E-state index in [1.54, 1.807) is 31.3 Å². The Bertz CT molecular complexity index is 1380. The average molecular weight is 516 g/mol. The zero-order chi connectivity index (χ0) is 26.8. The highest BCUT2D eigenvalue weighted by molar-refractivity contribution is 7.71. The SMILES string of the molecule is Cn1c(=S)c(C(=NCc2ccc(C(C)(F)F)cc2)Nc2ccc(O)cc2)c(N)n(CC(C)(C)C)c1=O. The summed E-state index contributed by atoms with van der Waals surface area (Å²) in [4.78, 5) is 17.7. The van der Waals surface area contributed by atoms with Gasteiger partial charge >= 0.3 is 5.69 Å². The lowest BCUT2D eigenvalue weighted by atomic mass is 9.97. The van der Waals surface area contributed by atoms with Gasteiger partial charge in [0, 0.05) is 31.8 Å². The van der Waals surface area contributed by atoms with Gasteiger partial charge in [-0.3, -0.25) is 14.1 Å². The summed E-state index contributed by atoms with van der Waals surface area (Å²) in [5, 5.41) is 12.8. The number of nitrogen functional groups attached to an aromatic ring is 1. The number of halogens is 2. The number of phenols is 1. The third-order valence-corrected chi connectivity index (χ3v) is 5.94. The second-order valence-corrected chi connectivity index (χ2v) is 10.4. The van der Waals surface area contributed by atoms with Gasteiger partial charge in [0.1, 0.15) is 22.0 Å². The maximum absolute atomic E-state index is 13.6. The third-order valence-electron chi connectivity index (χ3n) is 5.46. The van der Waals surface area contributed by atoms with Gasteiger partial charge in [-0.05, 0) is 35.2 Å². The largest absolute Gasteiger partial charge is 0.508 e. The predicted octanol–water partition coefficient (Wildman–Crippen LogP) is 5.42. The van der Waals surface area contributed by atoms with E-state index in [0.29, 0.717) is 29.2 Å². The molecule has 0 saturated heterocycles. The van der Waals surface area contributed by atoms with Gasteiger partial charge in [-0.1, -0.05) is 57.3 Å². The van der Waals surface area contributed by atoms with Gasteiger partial charge < -0.3 is 16.2 Å². The van der Waals surface area contributed by atoms with E-state index < -0.39 is 5.92 Å². The van der Waals surface area contributed by atoms with Crippen LogP contribution in [0.2, 0.25) is 0 Å². The van der Waals surface area contributed by atoms with Gasteiger partial charge in [0.2, 0.25) is 0 Å². The summed E-state index contributed by atoms with van der Waals surface area (Å²) in [5.41, 5.74) is 7.54. The first kappa shape index (κ1) is 27.1. The van der Waals surface area contributed by atoms with Crippen molar-refractivity contribution in [3.8, 4) is 5.75 Å². The molecule has 0 fully saturated rings. The Labute approximate surface area is 213 Å². The van der Waals surface area contributed by atoms with E-state index in [4.69, 9.17) is 18.0 Å². The number of anilines is 2. The summed E-state index contributed by atoms with van der Waals surface area (Å²) in [5.74, 6) is -2.36. The predicted molar refractivity (Wildman–Crippen MR) is 142 cm³/mol. The second kappa shape index (κ2) is 10.2. The lowest BCUT2D eigenvalue weighted by Gasteiger charge is -2.24. The van der Waals surface area contributed by atoms with Crippen LogP contribution in [0.25, 0.3) is 0 Å². The minimum atomic E-state index is -2.94. The maximum Gasteiger partial charge on any atom is 0.330 e. The fraction of sp³-hybridized carbons (Fsp3) is 0.346. The van der Waals surface area contributed by atoms with E-state index in [1.807, 2.05) is 20.8 Å². The first-order valence-electron chi connectivity index (χ1n) is 11.3. The van der Waals surface area contributed by atoms with E-state index in [2.05, 4.69) is 10.3 Å². The van der Waals surface area contributed by atoms with Crippen LogP contribution in [0.5, 0.6) is 5.75 Å². The minimum Gasteiger partial charge on any atom is -0.508 e. The van der Waals surface area contributed by atoms with Crippen molar-refractivity contribution >= 4 is 29.6 Å². The topological polar surface area (TPSA) is 97.6 Å². The van der Waals surface area contributed by atoms with Crippen LogP contribution in [0.1, 0.15) is 44.4 Å². The minimum absolute atomic E-state index is 0.0870. The highest BCUT2D eigenvalue weighted by atomic mass is 32.1. The van der Waals surface area contributed by atoms with Gasteiger partial charge in [0.05, 0.1) is 12.1 Å². The van der Waals surface area contributed by atoms with Crippen LogP contribution >= 0.6 is 12.2 Å². The second-order valence-electron chi connectivity index (χ2n) is 9.98. The quantitative estimate of drug-likeness (QED) is 0.176. The molecule has 0 aliphatic rings. The molecule has 10 heteroatoms. The smallest absolute Gasteiger partial charge is 0.330 e. The van der Waals surface area contributed by atoms with Gasteiger partial charge in [-0.2, -0.15) is 0 Å². The molecule has 7 nitrogen and oxygen atoms in total. The molecule has 3 rings (SSSR count). The van der Waals surface area contributed by atoms with E-state index in [9.17, 15) is 18.7 Å². The molecule has 0 spiro atoms. The number of aliphatic imine (C=N–C) groups is 1. The first-order valence-corrected chi connectivity index (χ1v) is 11.8. The summed E-state index contributed by atoms with van der Waals surface area (Å²) >= 11 is 5.60. The van der Waals surface area contributed by atoms with Crippen molar-refractivity contribution in [2.75, 3.05) is 11.1 Å². The number of hydrogen-bond acceptors (Lipinski definition) is 5. The fourth-order valence-corrected chi connectivity index (χ4v) is 3.85. The molecule has 0 aliphatic heterocycles. The Hall–Kier alpha value is -3.53. The number of nitrogens with two attached hydrogens (primary N) is 1. The maximum atomic E-state index is 13.6. The Morgan fingerprint density at radius 1 is 1.08 bits per heavy atom. The highest BCUT2D eigenvalue weighted by Gasteiger charge is 2.24. The third kappa shape index (κ3) is 6.37. The van der Waals surface area contributed by atoms with E-state index in [-0.39, 0.29) is 39.4 Å². The number of aromatic nitrogens is 2. The Kier molecular flexibility index (Phi) is 7.68. The number of rotatable bonds is 6. The van der Waals surface area contributed by atoms with Crippen LogP contribution in [0.15, 0.2) is 58.3 Å². The number of nitrogens with zero attached hydrogens (tertiary/aromatic N) is 3. The Morgan fingerprint density at radius 3 is 2.19 bits per heavy atom. The number of hydrogen-bond donors (Lipinski definition) is 3. The summed E-state index contributed by atoms with van der Waals surface area (Å²) in [6.07, 6.45) is 0. The van der Waals surface area contributed by atoms with Gasteiger partial charge in [-0.15, -0.1) is 0 Å². The van der Waals surface area contributed by atoms with Crippen LogP contribution in [0, 0.1) is 10.1 Å². The summed E-state index contributed by atoms with van der Waals surface area (Å²) in [6.45, 7) is 7.33. The highest BCUT2D eigenvalue weighted by Crippen LogP contribution is 2.27. The molecule has 3 aromatic rings. The van der Waals surface area contributed by atoms with Crippen molar-refractivity contribution in [1.82, 2.24) is 9.13 Å². The van der Waals surface area contributed by atoms with Gasteiger partial charge in [0.25, 0.3) is 5.92 Å². The molecule has 0 atom stereocenters. The number of amidine groups is 1. The molecule has 1 heterocycles. The number of nitrogens with one attached hydrogen (secondary N) is 1. The van der Waals surface area contributed by atoms with Crippen LogP contribution < -0.4 is 16.7 Å². The van der Waals surface area contributed by atoms with Gasteiger partial charge in [0.15, 0.2) is 0 Å². The lowest BCUT2D eigenvalue weighted by molar-refractivity contribution is 0.0174. The summed E-state index contributed by atoms with van der Waals surface area (Å²) in [6, 6.07) is 12.3. The lowest BCUT2D eigenvalue weighted by Crippen LogP contribution is -2.37. The van der Waals surface area contributed by atoms with Crippen molar-refractivity contribution < 1.29 is 13.9 Å². The van der Waals surface area contributed by atoms with E-state index in [1.165, 1.54) is 33.4 Å². The Balaban J connectivity index is 2.14. The number of benzene rings is 2. The summed E-state index contributed by atoms with van der Waals surface area (Å²) in [7, 11) is 1.58. The first-order chi connectivity index (χ1) is 16.7. The number of phenolic OH excluding ortho intramolecular Hbond substituents is 1. The van der Waals surface area contributed by atoms with Crippen LogP contribution in [0.4, 0.5) is 20.3 Å². The van der Waals surface area contributed by atoms with Crippen LogP contribution in [-0.4, -0.2) is 20.1 Å². The van der Waals surface area contributed by atoms with Crippen LogP contribution in [-0.2, 0) is 26.1 Å². The molecular formula is C26H31F2N5O2S. The zero-order valence-corrected chi connectivity index (χ0v) is 21.8. The summed E-state index contributed by atoms with van der Waals surface area (Å²) < 4.78 is 30.2. The fourth-order valence-electron chi connectivity index (χ4n) is 3.57. The zero-order valence-electron chi connectivity index (χ0n) is 21.0. The monoisotopic (exact) mass is 515 g/mol. The normalized spacial score (nSPS) is 12.6. The molecule has 0 radical (unpaired) electrons. The molecule has 2 aromatic carbocycles. The van der Waals surface area contributed by atoms with Crippen molar-refractivity contribution in [2.45, 2.75) is 46.7 Å². The van der Waals surface area contributed by atoms with Crippen molar-refractivity contribution in [1.29, 1.82) is 0 Å².